The first kappa shape index (κ1) is 14.6. The number of pyridine rings is 1. The lowest BCUT2D eigenvalue weighted by molar-refractivity contribution is 0.905. The molecule has 0 radical (unpaired) electrons. The van der Waals surface area contributed by atoms with Gasteiger partial charge in [0, 0.05) is 18.5 Å². The van der Waals surface area contributed by atoms with Gasteiger partial charge in [0.25, 0.3) is 0 Å². The van der Waals surface area contributed by atoms with E-state index in [1.165, 1.54) is 0 Å². The van der Waals surface area contributed by atoms with Crippen molar-refractivity contribution in [1.82, 2.24) is 14.5 Å². The van der Waals surface area contributed by atoms with Gasteiger partial charge < -0.3 is 0 Å². The first-order valence-electron chi connectivity index (χ1n) is 6.45. The zero-order valence-electron chi connectivity index (χ0n) is 11.3. The van der Waals surface area contributed by atoms with Crippen LogP contribution < -0.4 is 0 Å². The van der Waals surface area contributed by atoms with Crippen LogP contribution in [0.25, 0.3) is 16.9 Å². The summed E-state index contributed by atoms with van der Waals surface area (Å²) in [6, 6.07) is 7.48. The molecule has 3 aromatic rings. The highest BCUT2D eigenvalue weighted by Crippen LogP contribution is 2.27. The zero-order valence-corrected chi connectivity index (χ0v) is 13.5. The molecule has 6 heteroatoms. The van der Waals surface area contributed by atoms with Gasteiger partial charge in [0.05, 0.1) is 15.7 Å². The standard InChI is InChI=1S/C15H12Cl3N3/c1-9-6-13-15(19-8-9)21(14(20-13)4-5-16)10-2-3-11(17)12(18)7-10/h2-3,6-8H,4-5H2,1H3. The van der Waals surface area contributed by atoms with Gasteiger partial charge in [0.1, 0.15) is 11.3 Å². The summed E-state index contributed by atoms with van der Waals surface area (Å²) in [5, 5.41) is 1.02. The average molecular weight is 341 g/mol. The van der Waals surface area contributed by atoms with Gasteiger partial charge in [0.2, 0.25) is 0 Å². The maximum Gasteiger partial charge on any atom is 0.164 e. The SMILES string of the molecule is Cc1cnc2c(c1)nc(CCCl)n2-c1ccc(Cl)c(Cl)c1. The quantitative estimate of drug-likeness (QED) is 0.640. The van der Waals surface area contributed by atoms with E-state index in [0.29, 0.717) is 22.3 Å². The third-order valence-electron chi connectivity index (χ3n) is 3.18. The van der Waals surface area contributed by atoms with Crippen LogP contribution in [0.2, 0.25) is 10.0 Å². The van der Waals surface area contributed by atoms with Crippen molar-refractivity contribution in [2.45, 2.75) is 13.3 Å². The zero-order chi connectivity index (χ0) is 15.0. The van der Waals surface area contributed by atoms with Crippen molar-refractivity contribution < 1.29 is 0 Å². The lowest BCUT2D eigenvalue weighted by Gasteiger charge is -2.09. The van der Waals surface area contributed by atoms with Crippen molar-refractivity contribution >= 4 is 46.0 Å². The van der Waals surface area contributed by atoms with Gasteiger partial charge in [-0.3, -0.25) is 4.57 Å². The van der Waals surface area contributed by atoms with Gasteiger partial charge in [-0.2, -0.15) is 0 Å². The molecule has 0 fully saturated rings. The fourth-order valence-electron chi connectivity index (χ4n) is 2.26. The van der Waals surface area contributed by atoms with E-state index in [9.17, 15) is 0 Å². The molecule has 1 aromatic carbocycles. The van der Waals surface area contributed by atoms with Crippen molar-refractivity contribution in [1.29, 1.82) is 0 Å². The lowest BCUT2D eigenvalue weighted by atomic mass is 10.3. The van der Waals surface area contributed by atoms with Crippen LogP contribution in [0.3, 0.4) is 0 Å². The van der Waals surface area contributed by atoms with Crippen LogP contribution in [-0.4, -0.2) is 20.4 Å². The monoisotopic (exact) mass is 339 g/mol. The molecule has 0 aliphatic rings. The Balaban J connectivity index is 2.27. The summed E-state index contributed by atoms with van der Waals surface area (Å²) in [5.74, 6) is 1.35. The number of hydrogen-bond acceptors (Lipinski definition) is 2. The highest BCUT2D eigenvalue weighted by molar-refractivity contribution is 6.42. The Morgan fingerprint density at radius 2 is 1.95 bits per heavy atom. The van der Waals surface area contributed by atoms with E-state index < -0.39 is 0 Å². The Kier molecular flexibility index (Phi) is 4.07. The van der Waals surface area contributed by atoms with E-state index in [1.54, 1.807) is 6.07 Å². The van der Waals surface area contributed by atoms with Crippen molar-refractivity contribution in [3.8, 4) is 5.69 Å². The number of aryl methyl sites for hydroxylation is 2. The molecule has 21 heavy (non-hydrogen) atoms. The summed E-state index contributed by atoms with van der Waals surface area (Å²) >= 11 is 18.0. The second-order valence-corrected chi connectivity index (χ2v) is 5.95. The van der Waals surface area contributed by atoms with Gasteiger partial charge in [-0.25, -0.2) is 9.97 Å². The first-order valence-corrected chi connectivity index (χ1v) is 7.74. The molecule has 3 rings (SSSR count). The molecule has 0 aliphatic carbocycles. The minimum Gasteiger partial charge on any atom is -0.281 e. The molecule has 2 aromatic heterocycles. The van der Waals surface area contributed by atoms with Gasteiger partial charge in [-0.1, -0.05) is 23.2 Å². The lowest BCUT2D eigenvalue weighted by Crippen LogP contribution is -2.03. The molecular weight excluding hydrogens is 329 g/mol. The summed E-state index contributed by atoms with van der Waals surface area (Å²) < 4.78 is 1.97. The number of rotatable bonds is 3. The number of benzene rings is 1. The fraction of sp³-hybridized carbons (Fsp3) is 0.200. The van der Waals surface area contributed by atoms with Crippen molar-refractivity contribution in [2.24, 2.45) is 0 Å². The van der Waals surface area contributed by atoms with E-state index in [0.717, 1.165) is 28.2 Å². The van der Waals surface area contributed by atoms with Crippen LogP contribution in [0.1, 0.15) is 11.4 Å². The van der Waals surface area contributed by atoms with Crippen molar-refractivity contribution in [2.75, 3.05) is 5.88 Å². The maximum atomic E-state index is 6.12. The summed E-state index contributed by atoms with van der Waals surface area (Å²) in [6.07, 6.45) is 2.47. The van der Waals surface area contributed by atoms with Gasteiger partial charge in [0.15, 0.2) is 5.65 Å². The predicted octanol–water partition coefficient (Wildman–Crippen LogP) is 4.82. The number of fused-ring (bicyclic) bond motifs is 1. The topological polar surface area (TPSA) is 30.7 Å². The smallest absolute Gasteiger partial charge is 0.164 e. The molecule has 0 aliphatic heterocycles. The van der Waals surface area contributed by atoms with E-state index in [1.807, 2.05) is 35.9 Å². The summed E-state index contributed by atoms with van der Waals surface area (Å²) in [4.78, 5) is 9.13. The van der Waals surface area contributed by atoms with Crippen LogP contribution >= 0.6 is 34.8 Å². The van der Waals surface area contributed by atoms with Crippen molar-refractivity contribution in [3.63, 3.8) is 0 Å². The summed E-state index contributed by atoms with van der Waals surface area (Å²) in [6.45, 7) is 1.99. The highest BCUT2D eigenvalue weighted by atomic mass is 35.5. The summed E-state index contributed by atoms with van der Waals surface area (Å²) in [5.41, 5.74) is 3.59. The average Bonchev–Trinajstić information content (AvgIpc) is 2.79. The van der Waals surface area contributed by atoms with E-state index in [-0.39, 0.29) is 0 Å². The van der Waals surface area contributed by atoms with Crippen LogP contribution in [0.5, 0.6) is 0 Å². The second kappa shape index (κ2) is 5.84. The highest BCUT2D eigenvalue weighted by Gasteiger charge is 2.14. The molecule has 108 valence electrons. The summed E-state index contributed by atoms with van der Waals surface area (Å²) in [7, 11) is 0. The molecular formula is C15H12Cl3N3. The second-order valence-electron chi connectivity index (χ2n) is 4.76. The molecule has 0 bridgehead atoms. The minimum absolute atomic E-state index is 0.490. The normalized spacial score (nSPS) is 11.2. The molecule has 0 spiro atoms. The largest absolute Gasteiger partial charge is 0.281 e. The first-order chi connectivity index (χ1) is 10.1. The van der Waals surface area contributed by atoms with E-state index in [4.69, 9.17) is 34.8 Å². The Bertz CT molecular complexity index is 811. The fourth-order valence-corrected chi connectivity index (χ4v) is 2.72. The van der Waals surface area contributed by atoms with E-state index in [2.05, 4.69) is 9.97 Å². The van der Waals surface area contributed by atoms with Crippen LogP contribution in [0.15, 0.2) is 30.5 Å². The third kappa shape index (κ3) is 2.73. The number of halogens is 3. The molecule has 0 amide bonds. The number of nitrogens with zero attached hydrogens (tertiary/aromatic N) is 3. The van der Waals surface area contributed by atoms with Crippen LogP contribution in [0.4, 0.5) is 0 Å². The van der Waals surface area contributed by atoms with Gasteiger partial charge >= 0.3 is 0 Å². The molecule has 0 N–H and O–H groups in total. The molecule has 0 unspecified atom stereocenters. The van der Waals surface area contributed by atoms with Gasteiger partial charge in [-0.15, -0.1) is 11.6 Å². The predicted molar refractivity (Wildman–Crippen MR) is 88.0 cm³/mol. The van der Waals surface area contributed by atoms with Crippen LogP contribution in [-0.2, 0) is 6.42 Å². The minimum atomic E-state index is 0.490. The Labute approximate surface area is 137 Å². The number of hydrogen-bond donors (Lipinski definition) is 0. The van der Waals surface area contributed by atoms with Crippen molar-refractivity contribution in [3.05, 3.63) is 51.9 Å². The maximum absolute atomic E-state index is 6.12. The van der Waals surface area contributed by atoms with Crippen LogP contribution in [0, 0.1) is 6.92 Å². The number of imidazole rings is 1. The molecule has 0 atom stereocenters. The van der Waals surface area contributed by atoms with Gasteiger partial charge in [-0.05, 0) is 36.8 Å². The Morgan fingerprint density at radius 3 is 2.67 bits per heavy atom. The number of alkyl halides is 1. The number of aromatic nitrogens is 3. The molecule has 0 saturated carbocycles. The van der Waals surface area contributed by atoms with E-state index >= 15 is 0 Å². The molecule has 2 heterocycles. The Hall–Kier alpha value is -1.29. The third-order valence-corrected chi connectivity index (χ3v) is 4.11. The molecule has 3 nitrogen and oxygen atoms in total. The Morgan fingerprint density at radius 1 is 1.14 bits per heavy atom. The molecule has 0 saturated heterocycles.